The summed E-state index contributed by atoms with van der Waals surface area (Å²) in [5, 5.41) is 9.66. The Morgan fingerprint density at radius 3 is 2.71 bits per heavy atom. The van der Waals surface area contributed by atoms with Gasteiger partial charge in [0.25, 0.3) is 5.56 Å². The van der Waals surface area contributed by atoms with Gasteiger partial charge in [-0.05, 0) is 5.41 Å². The van der Waals surface area contributed by atoms with E-state index >= 15 is 0 Å². The molecular weight excluding hydrogens is 238 g/mol. The zero-order valence-electron chi connectivity index (χ0n) is 10.3. The molecule has 0 amide bonds. The molecule has 0 fully saturated rings. The number of nitrogens with zero attached hydrogens (tertiary/aromatic N) is 1. The van der Waals surface area contributed by atoms with E-state index in [0.29, 0.717) is 5.16 Å². The van der Waals surface area contributed by atoms with Gasteiger partial charge in [0, 0.05) is 18.3 Å². The fourth-order valence-electron chi connectivity index (χ4n) is 1.34. The van der Waals surface area contributed by atoms with Gasteiger partial charge in [-0.15, -0.1) is 0 Å². The Morgan fingerprint density at radius 1 is 1.59 bits per heavy atom. The molecule has 0 aliphatic carbocycles. The minimum Gasteiger partial charge on any atom is -0.395 e. The van der Waals surface area contributed by atoms with E-state index in [1.54, 1.807) is 0 Å². The summed E-state index contributed by atoms with van der Waals surface area (Å²) in [6, 6.07) is 1.16. The zero-order valence-corrected chi connectivity index (χ0v) is 11.1. The standard InChI is InChI=1S/C11H19N3O2S/c1-11(2,3)9(12)7(6-15)17-10-13-5-4-8(16)14-10/h4-5,7,9,15H,6,12H2,1-3H3,(H,13,14,16). The van der Waals surface area contributed by atoms with Gasteiger partial charge in [0.1, 0.15) is 0 Å². The molecule has 0 saturated heterocycles. The Bertz CT molecular complexity index is 414. The second-order valence-electron chi connectivity index (χ2n) is 4.97. The summed E-state index contributed by atoms with van der Waals surface area (Å²) >= 11 is 1.30. The smallest absolute Gasteiger partial charge is 0.251 e. The van der Waals surface area contributed by atoms with Gasteiger partial charge in [-0.25, -0.2) is 4.98 Å². The van der Waals surface area contributed by atoms with Crippen molar-refractivity contribution in [3.63, 3.8) is 0 Å². The number of nitrogens with two attached hydrogens (primary N) is 1. The molecule has 1 aromatic heterocycles. The molecule has 0 radical (unpaired) electrons. The van der Waals surface area contributed by atoms with Crippen molar-refractivity contribution in [1.82, 2.24) is 9.97 Å². The maximum absolute atomic E-state index is 11.1. The molecule has 96 valence electrons. The first-order valence-electron chi connectivity index (χ1n) is 5.43. The number of hydrogen-bond acceptors (Lipinski definition) is 5. The topological polar surface area (TPSA) is 92.0 Å². The number of rotatable bonds is 4. The van der Waals surface area contributed by atoms with Crippen LogP contribution >= 0.6 is 11.8 Å². The number of aliphatic hydroxyl groups is 1. The van der Waals surface area contributed by atoms with Gasteiger partial charge in [-0.3, -0.25) is 4.79 Å². The van der Waals surface area contributed by atoms with E-state index in [0.717, 1.165) is 0 Å². The number of aromatic nitrogens is 2. The highest BCUT2D eigenvalue weighted by molar-refractivity contribution is 7.99. The van der Waals surface area contributed by atoms with Gasteiger partial charge in [0.05, 0.1) is 11.9 Å². The Labute approximate surface area is 105 Å². The summed E-state index contributed by atoms with van der Waals surface area (Å²) in [5.74, 6) is 0. The lowest BCUT2D eigenvalue weighted by Crippen LogP contribution is -2.45. The van der Waals surface area contributed by atoms with E-state index in [4.69, 9.17) is 5.73 Å². The predicted octanol–water partition coefficient (Wildman–Crippen LogP) is 0.596. The van der Waals surface area contributed by atoms with E-state index in [1.807, 2.05) is 20.8 Å². The maximum Gasteiger partial charge on any atom is 0.251 e. The van der Waals surface area contributed by atoms with Crippen LogP contribution in [0.3, 0.4) is 0 Å². The molecule has 2 unspecified atom stereocenters. The molecule has 0 bridgehead atoms. The largest absolute Gasteiger partial charge is 0.395 e. The first-order valence-corrected chi connectivity index (χ1v) is 6.31. The first-order chi connectivity index (χ1) is 7.84. The number of thioether (sulfide) groups is 1. The maximum atomic E-state index is 11.1. The normalized spacial score (nSPS) is 15.6. The summed E-state index contributed by atoms with van der Waals surface area (Å²) in [4.78, 5) is 17.8. The number of hydrogen-bond donors (Lipinski definition) is 3. The fourth-order valence-corrected chi connectivity index (χ4v) is 2.53. The second kappa shape index (κ2) is 5.66. The van der Waals surface area contributed by atoms with Crippen molar-refractivity contribution in [2.75, 3.05) is 6.61 Å². The Morgan fingerprint density at radius 2 is 2.24 bits per heavy atom. The average Bonchev–Trinajstić information content (AvgIpc) is 2.24. The van der Waals surface area contributed by atoms with Gasteiger partial charge < -0.3 is 15.8 Å². The fraction of sp³-hybridized carbons (Fsp3) is 0.636. The van der Waals surface area contributed by atoms with Gasteiger partial charge >= 0.3 is 0 Å². The van der Waals surface area contributed by atoms with Crippen LogP contribution in [0, 0.1) is 5.41 Å². The molecule has 0 aliphatic heterocycles. The summed E-state index contributed by atoms with van der Waals surface area (Å²) in [5.41, 5.74) is 5.77. The minimum atomic E-state index is -0.205. The molecule has 2 atom stereocenters. The van der Waals surface area contributed by atoms with E-state index < -0.39 is 0 Å². The Balaban J connectivity index is 2.80. The third kappa shape index (κ3) is 4.14. The van der Waals surface area contributed by atoms with E-state index in [2.05, 4.69) is 9.97 Å². The van der Waals surface area contributed by atoms with Crippen molar-refractivity contribution in [3.8, 4) is 0 Å². The molecule has 6 heteroatoms. The summed E-state index contributed by atoms with van der Waals surface area (Å²) in [6.45, 7) is 5.99. The molecule has 5 nitrogen and oxygen atoms in total. The van der Waals surface area contributed by atoms with Gasteiger partial charge in [-0.2, -0.15) is 0 Å². The van der Waals surface area contributed by atoms with E-state index in [1.165, 1.54) is 24.0 Å². The Kier molecular flexibility index (Phi) is 4.73. The molecule has 0 saturated carbocycles. The molecule has 1 aromatic rings. The summed E-state index contributed by atoms with van der Waals surface area (Å²) in [6.07, 6.45) is 1.44. The molecule has 0 aliphatic rings. The van der Waals surface area contributed by atoms with Crippen LogP contribution in [0.15, 0.2) is 22.2 Å². The van der Waals surface area contributed by atoms with Crippen LogP contribution < -0.4 is 11.3 Å². The monoisotopic (exact) mass is 257 g/mol. The Hall–Kier alpha value is -0.850. The number of nitrogens with one attached hydrogen (secondary N) is 1. The van der Waals surface area contributed by atoms with Crippen LogP contribution in [0.2, 0.25) is 0 Å². The number of aliphatic hydroxyl groups excluding tert-OH is 1. The second-order valence-corrected chi connectivity index (χ2v) is 6.20. The average molecular weight is 257 g/mol. The van der Waals surface area contributed by atoms with Crippen molar-refractivity contribution in [2.24, 2.45) is 11.1 Å². The third-order valence-electron chi connectivity index (χ3n) is 2.49. The molecule has 0 spiro atoms. The van der Waals surface area contributed by atoms with Crippen molar-refractivity contribution in [2.45, 2.75) is 37.2 Å². The third-order valence-corrected chi connectivity index (χ3v) is 3.67. The van der Waals surface area contributed by atoms with Crippen LogP contribution in [0.4, 0.5) is 0 Å². The lowest BCUT2D eigenvalue weighted by Gasteiger charge is -2.32. The summed E-state index contributed by atoms with van der Waals surface area (Å²) < 4.78 is 0. The molecule has 0 aromatic carbocycles. The van der Waals surface area contributed by atoms with E-state index in [9.17, 15) is 9.90 Å². The van der Waals surface area contributed by atoms with Crippen LogP contribution in [0.1, 0.15) is 20.8 Å². The minimum absolute atomic E-state index is 0.0539. The van der Waals surface area contributed by atoms with Crippen LogP contribution in [0.5, 0.6) is 0 Å². The highest BCUT2D eigenvalue weighted by atomic mass is 32.2. The first kappa shape index (κ1) is 14.2. The molecule has 17 heavy (non-hydrogen) atoms. The van der Waals surface area contributed by atoms with Crippen LogP contribution in [-0.2, 0) is 0 Å². The molecular formula is C11H19N3O2S. The number of H-pyrrole nitrogens is 1. The lowest BCUT2D eigenvalue weighted by atomic mass is 9.85. The molecule has 4 N–H and O–H groups in total. The highest BCUT2D eigenvalue weighted by Gasteiger charge is 2.29. The van der Waals surface area contributed by atoms with Gasteiger partial charge in [0.2, 0.25) is 0 Å². The zero-order chi connectivity index (χ0) is 13.1. The van der Waals surface area contributed by atoms with Crippen LogP contribution in [0.25, 0.3) is 0 Å². The predicted molar refractivity (Wildman–Crippen MR) is 69.0 cm³/mol. The van der Waals surface area contributed by atoms with Crippen LogP contribution in [-0.4, -0.2) is 33.0 Å². The quantitative estimate of drug-likeness (QED) is 0.542. The van der Waals surface area contributed by atoms with Crippen molar-refractivity contribution in [3.05, 3.63) is 22.6 Å². The molecule has 1 heterocycles. The van der Waals surface area contributed by atoms with Crippen molar-refractivity contribution < 1.29 is 5.11 Å². The molecule has 1 rings (SSSR count). The number of aromatic amines is 1. The van der Waals surface area contributed by atoms with E-state index in [-0.39, 0.29) is 28.9 Å². The van der Waals surface area contributed by atoms with Gasteiger partial charge in [-0.1, -0.05) is 32.5 Å². The van der Waals surface area contributed by atoms with Crippen molar-refractivity contribution >= 4 is 11.8 Å². The van der Waals surface area contributed by atoms with Crippen molar-refractivity contribution in [1.29, 1.82) is 0 Å². The highest BCUT2D eigenvalue weighted by Crippen LogP contribution is 2.29. The summed E-state index contributed by atoms with van der Waals surface area (Å²) in [7, 11) is 0. The lowest BCUT2D eigenvalue weighted by molar-refractivity contribution is 0.233. The SMILES string of the molecule is CC(C)(C)C(N)C(CO)Sc1nccc(=O)[nH]1. The van der Waals surface area contributed by atoms with Gasteiger partial charge in [0.15, 0.2) is 5.16 Å².